The first kappa shape index (κ1) is 28.3. The zero-order valence-corrected chi connectivity index (χ0v) is 14.8. The Hall–Kier alpha value is -0.900. The van der Waals surface area contributed by atoms with E-state index in [1.165, 1.54) is 0 Å². The molecule has 0 bridgehead atoms. The van der Waals surface area contributed by atoms with E-state index >= 15 is 0 Å². The molecule has 0 aliphatic rings. The molecule has 4 nitrogen and oxygen atoms in total. The van der Waals surface area contributed by atoms with Gasteiger partial charge < -0.3 is 4.74 Å². The Kier molecular flexibility index (Phi) is 8.23. The fourth-order valence-electron chi connectivity index (χ4n) is 0.626. The van der Waals surface area contributed by atoms with Gasteiger partial charge in [0.1, 0.15) is 6.61 Å². The van der Waals surface area contributed by atoms with E-state index in [0.717, 1.165) is 0 Å². The Morgan fingerprint density at radius 2 is 1.00 bits per heavy atom. The number of rotatable bonds is 7. The van der Waals surface area contributed by atoms with Gasteiger partial charge in [0, 0.05) is 27.7 Å². The highest BCUT2D eigenvalue weighted by molar-refractivity contribution is 7.87. The topological polar surface area (TPSA) is 63.6 Å². The summed E-state index contributed by atoms with van der Waals surface area (Å²) in [5.74, 6) is -21.7. The van der Waals surface area contributed by atoms with Gasteiger partial charge in [-0.1, -0.05) is 0 Å². The lowest BCUT2D eigenvalue weighted by molar-refractivity contribution is -0.295. The summed E-state index contributed by atoms with van der Waals surface area (Å²) in [4.78, 5) is 0. The van der Waals surface area contributed by atoms with Crippen LogP contribution < -0.4 is 0 Å². The average Bonchev–Trinajstić information content (AvgIpc) is 2.32. The Morgan fingerprint density at radius 3 is 1.19 bits per heavy atom. The van der Waals surface area contributed by atoms with Gasteiger partial charge >= 0.3 is 39.1 Å². The second-order valence-corrected chi connectivity index (χ2v) is 7.03. The molecule has 0 amide bonds. The van der Waals surface area contributed by atoms with Gasteiger partial charge in [0.15, 0.2) is 0 Å². The summed E-state index contributed by atoms with van der Waals surface area (Å²) in [5.41, 5.74) is 0. The van der Waals surface area contributed by atoms with Gasteiger partial charge in [0.2, 0.25) is 0 Å². The van der Waals surface area contributed by atoms with E-state index in [0.29, 0.717) is 0 Å². The maximum Gasteiger partial charge on any atom is 0.433 e. The molecule has 0 rings (SSSR count). The van der Waals surface area contributed by atoms with Crippen LogP contribution in [0.4, 0.5) is 48.3 Å². The molecule has 0 aliphatic heterocycles. The van der Waals surface area contributed by atoms with Crippen molar-refractivity contribution in [3.63, 3.8) is 0 Å². The monoisotopic (exact) mass is 452 g/mol. The number of ether oxygens (including phenoxy) is 1. The number of hydrogen-bond acceptors (Lipinski definition) is 3. The van der Waals surface area contributed by atoms with Gasteiger partial charge in [-0.2, -0.15) is 26.0 Å². The molecule has 1 N–H and O–H groups in total. The van der Waals surface area contributed by atoms with Crippen molar-refractivity contribution in [1.82, 2.24) is 0 Å². The van der Waals surface area contributed by atoms with Crippen molar-refractivity contribution in [2.45, 2.75) is 62.5 Å². The molecule has 0 radical (unpaired) electrons. The largest absolute Gasteiger partial charge is 0.433 e. The van der Waals surface area contributed by atoms with Gasteiger partial charge in [0.25, 0.3) is 5.85 Å². The van der Waals surface area contributed by atoms with Crippen LogP contribution in [0.3, 0.4) is 0 Å². The third kappa shape index (κ3) is 7.56. The molecule has 1 unspecified atom stereocenters. The average molecular weight is 452 g/mol. The fraction of sp³-hybridized carbons (Fsp3) is 1.00. The molecule has 0 saturated carbocycles. The molecule has 0 fully saturated rings. The van der Waals surface area contributed by atoms with Crippen molar-refractivity contribution in [2.24, 2.45) is 0 Å². The van der Waals surface area contributed by atoms with E-state index in [1.54, 1.807) is 0 Å². The van der Waals surface area contributed by atoms with Crippen molar-refractivity contribution in [3.05, 3.63) is 0 Å². The Morgan fingerprint density at radius 1 is 0.704 bits per heavy atom. The molecule has 16 heteroatoms. The zero-order chi connectivity index (χ0) is 22.9. The van der Waals surface area contributed by atoms with E-state index in [1.807, 2.05) is 0 Å². The standard InChI is InChI=1S/C7H9F7O4S.C4H6F4/c1-4(8,9)5(2,10)18-3-6(11,12)7(13,14)19(15,16)17;1-3(5,6)4(2,7)8/h3H2,1-2H3,(H,15,16,17);1-2H3. The molecular weight excluding hydrogens is 437 g/mol. The number of halogens is 11. The van der Waals surface area contributed by atoms with Crippen molar-refractivity contribution < 1.29 is 66.0 Å². The minimum Gasteiger partial charge on any atom is -0.335 e. The summed E-state index contributed by atoms with van der Waals surface area (Å²) in [5, 5.41) is -6.01. The van der Waals surface area contributed by atoms with Gasteiger partial charge in [-0.15, -0.1) is 0 Å². The summed E-state index contributed by atoms with van der Waals surface area (Å²) >= 11 is 0. The quantitative estimate of drug-likeness (QED) is 0.447. The minimum atomic E-state index is -6.54. The van der Waals surface area contributed by atoms with Crippen LogP contribution in [0.25, 0.3) is 0 Å². The van der Waals surface area contributed by atoms with Crippen LogP contribution in [0.2, 0.25) is 0 Å². The van der Waals surface area contributed by atoms with Crippen LogP contribution in [0.5, 0.6) is 0 Å². The molecule has 0 spiro atoms. The first-order chi connectivity index (χ1) is 11.2. The van der Waals surface area contributed by atoms with E-state index in [9.17, 15) is 56.7 Å². The normalized spacial score (nSPS) is 17.0. The molecule has 0 aromatic heterocycles. The van der Waals surface area contributed by atoms with E-state index in [4.69, 9.17) is 4.55 Å². The van der Waals surface area contributed by atoms with Crippen molar-refractivity contribution >= 4 is 10.1 Å². The molecule has 0 saturated heterocycles. The second kappa shape index (κ2) is 7.85. The molecule has 0 aliphatic carbocycles. The summed E-state index contributed by atoms with van der Waals surface area (Å²) in [6, 6.07) is 0. The minimum absolute atomic E-state index is 0.00529. The summed E-state index contributed by atoms with van der Waals surface area (Å²) in [6.45, 7) is -2.38. The van der Waals surface area contributed by atoms with Crippen LogP contribution in [0.1, 0.15) is 27.7 Å². The Bertz CT molecular complexity index is 573. The van der Waals surface area contributed by atoms with Crippen LogP contribution >= 0.6 is 0 Å². The fourth-order valence-corrected chi connectivity index (χ4v) is 1.06. The summed E-state index contributed by atoms with van der Waals surface area (Å²) < 4.78 is 166. The third-order valence-corrected chi connectivity index (χ3v) is 3.78. The summed E-state index contributed by atoms with van der Waals surface area (Å²) in [6.07, 6.45) is 0. The molecule has 1 atom stereocenters. The SMILES string of the molecule is CC(F)(F)C(C)(F)F.CC(F)(F)C(C)(F)OCC(F)(F)C(F)(F)S(=O)(=O)O. The van der Waals surface area contributed by atoms with Crippen LogP contribution in [0, 0.1) is 0 Å². The predicted octanol–water partition coefficient (Wildman–Crippen LogP) is 4.76. The maximum atomic E-state index is 13.0. The van der Waals surface area contributed by atoms with Crippen LogP contribution in [0.15, 0.2) is 0 Å². The summed E-state index contributed by atoms with van der Waals surface area (Å²) in [7, 11) is -6.54. The maximum absolute atomic E-state index is 13.0. The van der Waals surface area contributed by atoms with Crippen molar-refractivity contribution in [3.8, 4) is 0 Å². The Labute approximate surface area is 146 Å². The molecule has 0 aromatic rings. The first-order valence-electron chi connectivity index (χ1n) is 6.40. The lowest BCUT2D eigenvalue weighted by Gasteiger charge is -2.30. The second-order valence-electron chi connectivity index (χ2n) is 5.57. The Balaban J connectivity index is 0. The molecule has 0 aromatic carbocycles. The molecular formula is C11H15F11O4S. The first-order valence-corrected chi connectivity index (χ1v) is 7.84. The number of alkyl halides is 11. The number of hydrogen-bond donors (Lipinski definition) is 1. The highest BCUT2D eigenvalue weighted by Gasteiger charge is 2.67. The molecule has 0 heterocycles. The smallest absolute Gasteiger partial charge is 0.335 e. The highest BCUT2D eigenvalue weighted by Crippen LogP contribution is 2.41. The molecule has 166 valence electrons. The van der Waals surface area contributed by atoms with Gasteiger partial charge in [-0.05, 0) is 0 Å². The van der Waals surface area contributed by atoms with Crippen LogP contribution in [-0.2, 0) is 14.9 Å². The third-order valence-electron chi connectivity index (χ3n) is 2.83. The van der Waals surface area contributed by atoms with E-state index < -0.39 is 51.5 Å². The van der Waals surface area contributed by atoms with Gasteiger partial charge in [0.05, 0.1) is 0 Å². The van der Waals surface area contributed by atoms with Gasteiger partial charge in [-0.25, -0.2) is 30.7 Å². The van der Waals surface area contributed by atoms with E-state index in [-0.39, 0.29) is 27.7 Å². The lowest BCUT2D eigenvalue weighted by Crippen LogP contribution is -2.52. The highest BCUT2D eigenvalue weighted by atomic mass is 32.2. The van der Waals surface area contributed by atoms with Crippen LogP contribution in [-0.4, -0.2) is 54.4 Å². The predicted molar refractivity (Wildman–Crippen MR) is 68.8 cm³/mol. The zero-order valence-electron chi connectivity index (χ0n) is 13.9. The van der Waals surface area contributed by atoms with Crippen molar-refractivity contribution in [1.29, 1.82) is 0 Å². The lowest BCUT2D eigenvalue weighted by atomic mass is 10.2. The van der Waals surface area contributed by atoms with E-state index in [2.05, 4.69) is 4.74 Å². The van der Waals surface area contributed by atoms with Gasteiger partial charge in [-0.3, -0.25) is 4.55 Å². The van der Waals surface area contributed by atoms with Crippen molar-refractivity contribution in [2.75, 3.05) is 6.61 Å². The molecule has 27 heavy (non-hydrogen) atoms.